The Bertz CT molecular complexity index is 539. The molecule has 0 aliphatic heterocycles. The molecule has 2 aromatic heterocycles. The van der Waals surface area contributed by atoms with E-state index in [4.69, 9.17) is 5.73 Å². The molecule has 2 aromatic rings. The number of aryl methyl sites for hydroxylation is 3. The standard InChI is InChI=1S/C12H20N6/c1-5-9-11(13)12(18(4)15-9)17(3)8-10-14-6-7-16(10)2/h6-7H,5,8,13H2,1-4H3. The first-order chi connectivity index (χ1) is 8.54. The van der Waals surface area contributed by atoms with Gasteiger partial charge in [-0.1, -0.05) is 6.92 Å². The van der Waals surface area contributed by atoms with E-state index >= 15 is 0 Å². The molecule has 0 saturated heterocycles. The highest BCUT2D eigenvalue weighted by Crippen LogP contribution is 2.26. The monoisotopic (exact) mass is 248 g/mol. The molecule has 0 aliphatic rings. The van der Waals surface area contributed by atoms with Crippen LogP contribution in [0.3, 0.4) is 0 Å². The third-order valence-electron chi connectivity index (χ3n) is 3.13. The van der Waals surface area contributed by atoms with Crippen LogP contribution in [0.15, 0.2) is 12.4 Å². The minimum Gasteiger partial charge on any atom is -0.394 e. The Balaban J connectivity index is 2.26. The molecule has 0 radical (unpaired) electrons. The molecule has 0 fully saturated rings. The fraction of sp³-hybridized carbons (Fsp3) is 0.500. The fourth-order valence-electron chi connectivity index (χ4n) is 2.14. The Morgan fingerprint density at radius 2 is 2.11 bits per heavy atom. The molecule has 0 spiro atoms. The summed E-state index contributed by atoms with van der Waals surface area (Å²) in [7, 11) is 5.90. The minimum absolute atomic E-state index is 0.705. The van der Waals surface area contributed by atoms with E-state index in [1.54, 1.807) is 6.20 Å². The van der Waals surface area contributed by atoms with Gasteiger partial charge in [-0.15, -0.1) is 0 Å². The van der Waals surface area contributed by atoms with Crippen molar-refractivity contribution in [1.29, 1.82) is 0 Å². The fourth-order valence-corrected chi connectivity index (χ4v) is 2.14. The van der Waals surface area contributed by atoms with Crippen molar-refractivity contribution in [3.63, 3.8) is 0 Å². The molecule has 6 nitrogen and oxygen atoms in total. The lowest BCUT2D eigenvalue weighted by atomic mass is 10.3. The van der Waals surface area contributed by atoms with E-state index in [1.807, 2.05) is 36.6 Å². The summed E-state index contributed by atoms with van der Waals surface area (Å²) < 4.78 is 3.83. The Morgan fingerprint density at radius 1 is 1.39 bits per heavy atom. The molecule has 2 heterocycles. The van der Waals surface area contributed by atoms with Crippen LogP contribution in [0.5, 0.6) is 0 Å². The smallest absolute Gasteiger partial charge is 0.150 e. The quantitative estimate of drug-likeness (QED) is 0.874. The van der Waals surface area contributed by atoms with Gasteiger partial charge in [0.25, 0.3) is 0 Å². The van der Waals surface area contributed by atoms with Crippen LogP contribution in [0.2, 0.25) is 0 Å². The van der Waals surface area contributed by atoms with Gasteiger partial charge in [0, 0.05) is 33.5 Å². The van der Waals surface area contributed by atoms with Gasteiger partial charge in [-0.25, -0.2) is 4.98 Å². The number of imidazole rings is 1. The van der Waals surface area contributed by atoms with Crippen molar-refractivity contribution >= 4 is 11.5 Å². The van der Waals surface area contributed by atoms with Crippen LogP contribution in [-0.4, -0.2) is 26.4 Å². The van der Waals surface area contributed by atoms with E-state index < -0.39 is 0 Å². The number of hydrogen-bond acceptors (Lipinski definition) is 4. The predicted molar refractivity (Wildman–Crippen MR) is 72.3 cm³/mol. The summed E-state index contributed by atoms with van der Waals surface area (Å²) in [5, 5.41) is 4.42. The molecule has 18 heavy (non-hydrogen) atoms. The summed E-state index contributed by atoms with van der Waals surface area (Å²) in [5.74, 6) is 1.94. The zero-order valence-electron chi connectivity index (χ0n) is 11.4. The van der Waals surface area contributed by atoms with Gasteiger partial charge in [-0.2, -0.15) is 5.10 Å². The van der Waals surface area contributed by atoms with E-state index in [0.717, 1.165) is 29.4 Å². The highest BCUT2D eigenvalue weighted by molar-refractivity contribution is 5.66. The second-order valence-electron chi connectivity index (χ2n) is 4.47. The van der Waals surface area contributed by atoms with Gasteiger partial charge >= 0.3 is 0 Å². The summed E-state index contributed by atoms with van der Waals surface area (Å²) >= 11 is 0. The Labute approximate surface area is 107 Å². The molecule has 0 bridgehead atoms. The largest absolute Gasteiger partial charge is 0.394 e. The van der Waals surface area contributed by atoms with E-state index in [1.165, 1.54) is 0 Å². The molecule has 0 aromatic carbocycles. The van der Waals surface area contributed by atoms with Gasteiger partial charge in [0.05, 0.1) is 17.9 Å². The van der Waals surface area contributed by atoms with E-state index in [2.05, 4.69) is 21.9 Å². The number of anilines is 2. The lowest BCUT2D eigenvalue weighted by molar-refractivity contribution is 0.698. The molecule has 0 aliphatic carbocycles. The number of hydrogen-bond donors (Lipinski definition) is 1. The van der Waals surface area contributed by atoms with Gasteiger partial charge in [0.15, 0.2) is 5.82 Å². The summed E-state index contributed by atoms with van der Waals surface area (Å²) in [4.78, 5) is 6.39. The number of nitrogens with zero attached hydrogens (tertiary/aromatic N) is 5. The topological polar surface area (TPSA) is 64.9 Å². The molecule has 98 valence electrons. The Morgan fingerprint density at radius 3 is 2.61 bits per heavy atom. The van der Waals surface area contributed by atoms with E-state index in [9.17, 15) is 0 Å². The average molecular weight is 248 g/mol. The third-order valence-corrected chi connectivity index (χ3v) is 3.13. The van der Waals surface area contributed by atoms with Crippen LogP contribution in [0.1, 0.15) is 18.4 Å². The normalized spacial score (nSPS) is 10.9. The Hall–Kier alpha value is -1.98. The molecule has 2 rings (SSSR count). The number of aromatic nitrogens is 4. The summed E-state index contributed by atoms with van der Waals surface area (Å²) in [5.41, 5.74) is 7.83. The van der Waals surface area contributed by atoms with Gasteiger partial charge < -0.3 is 15.2 Å². The molecule has 0 atom stereocenters. The zero-order valence-corrected chi connectivity index (χ0v) is 11.4. The van der Waals surface area contributed by atoms with Gasteiger partial charge in [0.2, 0.25) is 0 Å². The SMILES string of the molecule is CCc1nn(C)c(N(C)Cc2nccn2C)c1N. The van der Waals surface area contributed by atoms with Crippen LogP contribution >= 0.6 is 0 Å². The highest BCUT2D eigenvalue weighted by atomic mass is 15.4. The van der Waals surface area contributed by atoms with Crippen molar-refractivity contribution in [2.24, 2.45) is 14.1 Å². The molecule has 6 heteroatoms. The molecule has 0 saturated carbocycles. The maximum Gasteiger partial charge on any atom is 0.150 e. The average Bonchev–Trinajstić information content (AvgIpc) is 2.83. The summed E-state index contributed by atoms with van der Waals surface area (Å²) in [6.45, 7) is 2.76. The van der Waals surface area contributed by atoms with Crippen LogP contribution in [-0.2, 0) is 27.1 Å². The maximum absolute atomic E-state index is 6.13. The van der Waals surface area contributed by atoms with Crippen molar-refractivity contribution in [3.05, 3.63) is 23.9 Å². The third kappa shape index (κ3) is 2.05. The molecule has 2 N–H and O–H groups in total. The van der Waals surface area contributed by atoms with Crippen molar-refractivity contribution in [3.8, 4) is 0 Å². The summed E-state index contributed by atoms with van der Waals surface area (Å²) in [6.07, 6.45) is 4.58. The summed E-state index contributed by atoms with van der Waals surface area (Å²) in [6, 6.07) is 0. The van der Waals surface area contributed by atoms with E-state index in [0.29, 0.717) is 6.54 Å². The second kappa shape index (κ2) is 4.72. The molecular weight excluding hydrogens is 228 g/mol. The van der Waals surface area contributed by atoms with Gasteiger partial charge in [-0.3, -0.25) is 4.68 Å². The second-order valence-corrected chi connectivity index (χ2v) is 4.47. The van der Waals surface area contributed by atoms with Crippen LogP contribution < -0.4 is 10.6 Å². The van der Waals surface area contributed by atoms with Gasteiger partial charge in [0.1, 0.15) is 5.82 Å². The lowest BCUT2D eigenvalue weighted by Gasteiger charge is -2.19. The molecule has 0 unspecified atom stereocenters. The first kappa shape index (κ1) is 12.5. The van der Waals surface area contributed by atoms with Crippen molar-refractivity contribution in [1.82, 2.24) is 19.3 Å². The van der Waals surface area contributed by atoms with E-state index in [-0.39, 0.29) is 0 Å². The lowest BCUT2D eigenvalue weighted by Crippen LogP contribution is -2.22. The van der Waals surface area contributed by atoms with Crippen molar-refractivity contribution < 1.29 is 0 Å². The highest BCUT2D eigenvalue weighted by Gasteiger charge is 2.16. The predicted octanol–water partition coefficient (Wildman–Crippen LogP) is 0.935. The van der Waals surface area contributed by atoms with Crippen molar-refractivity contribution in [2.75, 3.05) is 17.7 Å². The van der Waals surface area contributed by atoms with Gasteiger partial charge in [-0.05, 0) is 6.42 Å². The number of nitrogens with two attached hydrogens (primary N) is 1. The number of nitrogen functional groups attached to an aromatic ring is 1. The minimum atomic E-state index is 0.705. The van der Waals surface area contributed by atoms with Crippen molar-refractivity contribution in [2.45, 2.75) is 19.9 Å². The van der Waals surface area contributed by atoms with Crippen LogP contribution in [0, 0.1) is 0 Å². The number of rotatable bonds is 4. The molecular formula is C12H20N6. The van der Waals surface area contributed by atoms with Crippen LogP contribution in [0.4, 0.5) is 11.5 Å². The first-order valence-electron chi connectivity index (χ1n) is 6.03. The zero-order chi connectivity index (χ0) is 13.3. The Kier molecular flexibility index (Phi) is 3.27. The molecule has 0 amide bonds. The maximum atomic E-state index is 6.13. The van der Waals surface area contributed by atoms with Crippen LogP contribution in [0.25, 0.3) is 0 Å². The first-order valence-corrected chi connectivity index (χ1v) is 6.03.